The third kappa shape index (κ3) is 4.72. The number of hydrogen-bond donors (Lipinski definition) is 1. The Bertz CT molecular complexity index is 1920. The van der Waals surface area contributed by atoms with Crippen LogP contribution in [0.4, 0.5) is 5.69 Å². The molecule has 3 heterocycles. The van der Waals surface area contributed by atoms with Crippen molar-refractivity contribution in [2.75, 3.05) is 11.5 Å². The number of hydrogen-bond acceptors (Lipinski definition) is 8. The summed E-state index contributed by atoms with van der Waals surface area (Å²) in [5, 5.41) is 1.62. The molecule has 5 unspecified atom stereocenters. The standard InChI is InChI=1S/C35H29ClN2O6S2/c1-2-43-34(41)19-6-10-21(11-7-19)38-32(39)27-23-15-24(28(27)33(38)40)29-26(23)25(30-31(45-29)37-35(42)46-30)18-8-12-22(13-9-18)44-16-17-4-3-5-20(36)14-17/h3-14,23-29H,2,15-16H2,1H3,(H,37,42)/t23-,24-,25?,26?,27?,28?,29?/m1/s1. The molecule has 7 atom stereocenters. The molecular formula is C35H29ClN2O6S2. The van der Waals surface area contributed by atoms with Crippen LogP contribution in [-0.4, -0.2) is 34.6 Å². The molecule has 46 heavy (non-hydrogen) atoms. The van der Waals surface area contributed by atoms with Gasteiger partial charge >= 0.3 is 10.8 Å². The van der Waals surface area contributed by atoms with Crippen molar-refractivity contribution in [3.8, 4) is 5.75 Å². The smallest absolute Gasteiger partial charge is 0.338 e. The number of aromatic nitrogens is 1. The molecule has 234 valence electrons. The van der Waals surface area contributed by atoms with Gasteiger partial charge in [0.05, 0.1) is 34.7 Å². The average Bonchev–Trinajstić information content (AvgIpc) is 3.79. The van der Waals surface area contributed by atoms with Crippen molar-refractivity contribution in [3.05, 3.63) is 109 Å². The molecular weight excluding hydrogens is 644 g/mol. The predicted molar refractivity (Wildman–Crippen MR) is 176 cm³/mol. The second-order valence-electron chi connectivity index (χ2n) is 12.2. The number of H-pyrrole nitrogens is 1. The number of benzene rings is 3. The molecule has 2 saturated carbocycles. The molecule has 1 saturated heterocycles. The molecule has 11 heteroatoms. The van der Waals surface area contributed by atoms with Crippen LogP contribution in [0.3, 0.4) is 0 Å². The summed E-state index contributed by atoms with van der Waals surface area (Å²) >= 11 is 9.03. The zero-order valence-corrected chi connectivity index (χ0v) is 27.1. The number of ether oxygens (including phenoxy) is 2. The highest BCUT2D eigenvalue weighted by Gasteiger charge is 2.69. The van der Waals surface area contributed by atoms with Crippen LogP contribution in [0, 0.1) is 29.6 Å². The van der Waals surface area contributed by atoms with Gasteiger partial charge in [-0.05, 0) is 90.8 Å². The first-order valence-electron chi connectivity index (χ1n) is 15.3. The summed E-state index contributed by atoms with van der Waals surface area (Å²) in [6.45, 7) is 2.39. The Kier molecular flexibility index (Phi) is 7.34. The van der Waals surface area contributed by atoms with Gasteiger partial charge in [0.15, 0.2) is 0 Å². The number of anilines is 1. The van der Waals surface area contributed by atoms with Gasteiger partial charge in [0, 0.05) is 21.1 Å². The van der Waals surface area contributed by atoms with Gasteiger partial charge in [-0.25, -0.2) is 4.79 Å². The number of aromatic amines is 1. The van der Waals surface area contributed by atoms with Gasteiger partial charge in [0.2, 0.25) is 11.8 Å². The third-order valence-electron chi connectivity index (χ3n) is 9.89. The van der Waals surface area contributed by atoms with E-state index in [2.05, 4.69) is 17.1 Å². The fourth-order valence-corrected chi connectivity index (χ4v) is 11.3. The maximum absolute atomic E-state index is 14.1. The number of carbonyl (C=O) groups excluding carboxylic acids is 3. The summed E-state index contributed by atoms with van der Waals surface area (Å²) < 4.78 is 11.1. The normalized spacial score (nSPS) is 27.3. The SMILES string of the molecule is CCOC(=O)c1ccc(N2C(=O)C3C(C2=O)[C@@H]2C[C@H]3C3Sc4[nH]c(=O)sc4C(c4ccc(OCc5cccc(Cl)c5)cc4)C32)cc1. The lowest BCUT2D eigenvalue weighted by Gasteiger charge is -2.43. The quantitative estimate of drug-likeness (QED) is 0.176. The van der Waals surface area contributed by atoms with Crippen LogP contribution < -0.4 is 14.5 Å². The van der Waals surface area contributed by atoms with E-state index < -0.39 is 17.8 Å². The fraction of sp³-hybridized carbons (Fsp3) is 0.314. The largest absolute Gasteiger partial charge is 0.489 e. The lowest BCUT2D eigenvalue weighted by Crippen LogP contribution is -2.42. The number of thiazole rings is 1. The van der Waals surface area contributed by atoms with Crippen LogP contribution in [0.25, 0.3) is 0 Å². The van der Waals surface area contributed by atoms with Crippen LogP contribution in [0.5, 0.6) is 5.75 Å². The van der Waals surface area contributed by atoms with E-state index in [1.165, 1.54) is 16.2 Å². The summed E-state index contributed by atoms with van der Waals surface area (Å²) in [7, 11) is 0. The van der Waals surface area contributed by atoms with Gasteiger partial charge in [-0.15, -0.1) is 11.8 Å². The second kappa shape index (κ2) is 11.4. The number of nitrogens with one attached hydrogen (secondary N) is 1. The Morgan fingerprint density at radius 2 is 1.72 bits per heavy atom. The van der Waals surface area contributed by atoms with Gasteiger partial charge in [0.1, 0.15) is 12.4 Å². The van der Waals surface area contributed by atoms with Crippen molar-refractivity contribution in [1.29, 1.82) is 0 Å². The highest BCUT2D eigenvalue weighted by atomic mass is 35.5. The first-order valence-corrected chi connectivity index (χ1v) is 17.4. The van der Waals surface area contributed by atoms with Crippen molar-refractivity contribution < 1.29 is 23.9 Å². The van der Waals surface area contributed by atoms with Crippen molar-refractivity contribution >= 4 is 58.2 Å². The Morgan fingerprint density at radius 3 is 2.43 bits per heavy atom. The zero-order valence-electron chi connectivity index (χ0n) is 24.7. The minimum atomic E-state index is -0.443. The Balaban J connectivity index is 1.08. The van der Waals surface area contributed by atoms with Crippen LogP contribution in [0.1, 0.15) is 45.6 Å². The first kappa shape index (κ1) is 29.5. The molecule has 3 fully saturated rings. The van der Waals surface area contributed by atoms with Crippen LogP contribution in [0.2, 0.25) is 5.02 Å². The highest BCUT2D eigenvalue weighted by molar-refractivity contribution is 8.00. The number of nitrogens with zero attached hydrogens (tertiary/aromatic N) is 1. The minimum Gasteiger partial charge on any atom is -0.489 e. The molecule has 8 rings (SSSR count). The number of rotatable bonds is 7. The third-order valence-corrected chi connectivity index (χ3v) is 12.7. The van der Waals surface area contributed by atoms with E-state index >= 15 is 0 Å². The van der Waals surface area contributed by atoms with Crippen molar-refractivity contribution in [3.63, 3.8) is 0 Å². The van der Waals surface area contributed by atoms with E-state index in [-0.39, 0.29) is 52.2 Å². The summed E-state index contributed by atoms with van der Waals surface area (Å²) in [6, 6.07) is 22.1. The van der Waals surface area contributed by atoms with E-state index in [4.69, 9.17) is 21.1 Å². The second-order valence-corrected chi connectivity index (χ2v) is 14.9. The zero-order chi connectivity index (χ0) is 31.7. The molecule has 2 aliphatic carbocycles. The average molecular weight is 673 g/mol. The van der Waals surface area contributed by atoms with Gasteiger partial charge < -0.3 is 14.5 Å². The maximum atomic E-state index is 14.1. The monoisotopic (exact) mass is 672 g/mol. The number of amides is 2. The summed E-state index contributed by atoms with van der Waals surface area (Å²) in [5.74, 6) is -0.843. The van der Waals surface area contributed by atoms with E-state index in [9.17, 15) is 19.2 Å². The summed E-state index contributed by atoms with van der Waals surface area (Å²) in [6.07, 6.45) is 0.807. The highest BCUT2D eigenvalue weighted by Crippen LogP contribution is 2.68. The van der Waals surface area contributed by atoms with Crippen molar-refractivity contribution in [1.82, 2.24) is 4.98 Å². The van der Waals surface area contributed by atoms with E-state index in [0.717, 1.165) is 33.2 Å². The molecule has 2 amide bonds. The maximum Gasteiger partial charge on any atom is 0.338 e. The molecule has 8 nitrogen and oxygen atoms in total. The van der Waals surface area contributed by atoms with Gasteiger partial charge in [-0.3, -0.25) is 19.3 Å². The van der Waals surface area contributed by atoms with Crippen LogP contribution in [0.15, 0.2) is 82.6 Å². The Hall–Kier alpha value is -3.86. The van der Waals surface area contributed by atoms with E-state index in [1.807, 2.05) is 36.4 Å². The molecule has 4 aliphatic rings. The number of esters is 1. The Morgan fingerprint density at radius 1 is 0.978 bits per heavy atom. The molecule has 1 N–H and O–H groups in total. The summed E-state index contributed by atoms with van der Waals surface area (Å²) in [5.41, 5.74) is 2.88. The molecule has 3 aromatic carbocycles. The number of carbonyl (C=O) groups is 3. The van der Waals surface area contributed by atoms with Crippen LogP contribution >= 0.6 is 34.7 Å². The lowest BCUT2D eigenvalue weighted by molar-refractivity contribution is -0.123. The van der Waals surface area contributed by atoms with Gasteiger partial charge in [0.25, 0.3) is 0 Å². The van der Waals surface area contributed by atoms with Gasteiger partial charge in [-0.1, -0.05) is 47.2 Å². The summed E-state index contributed by atoms with van der Waals surface area (Å²) in [4.78, 5) is 58.0. The fourth-order valence-electron chi connectivity index (χ4n) is 8.17. The van der Waals surface area contributed by atoms with Crippen molar-refractivity contribution in [2.24, 2.45) is 29.6 Å². The first-order chi connectivity index (χ1) is 22.3. The number of imide groups is 1. The van der Waals surface area contributed by atoms with Crippen molar-refractivity contribution in [2.45, 2.75) is 36.1 Å². The number of halogens is 1. The van der Waals surface area contributed by atoms with E-state index in [1.54, 1.807) is 43.0 Å². The molecule has 2 bridgehead atoms. The Labute approximate surface area is 278 Å². The minimum absolute atomic E-state index is 0.00172. The molecule has 0 radical (unpaired) electrons. The number of fused-ring (bicyclic) bond motifs is 9. The molecule has 0 spiro atoms. The van der Waals surface area contributed by atoms with Gasteiger partial charge in [-0.2, -0.15) is 0 Å². The topological polar surface area (TPSA) is 106 Å². The molecule has 1 aromatic heterocycles. The van der Waals surface area contributed by atoms with Crippen LogP contribution in [-0.2, 0) is 20.9 Å². The molecule has 2 aliphatic heterocycles. The lowest BCUT2D eigenvalue weighted by atomic mass is 9.68. The molecule has 4 aromatic rings. The van der Waals surface area contributed by atoms with E-state index in [0.29, 0.717) is 22.9 Å². The predicted octanol–water partition coefficient (Wildman–Crippen LogP) is 6.52. The number of thioether (sulfide) groups is 1.